The van der Waals surface area contributed by atoms with Crippen molar-refractivity contribution in [2.24, 2.45) is 11.1 Å². The van der Waals surface area contributed by atoms with E-state index in [1.165, 1.54) is 4.90 Å². The average molecular weight is 313 g/mol. The first-order valence-electron chi connectivity index (χ1n) is 6.55. The fraction of sp³-hybridized carbons (Fsp3) is 0.467. The maximum Gasteiger partial charge on any atom is 0.323 e. The number of nitrogens with two attached hydrogens (primary N) is 1. The van der Waals surface area contributed by atoms with E-state index in [1.54, 1.807) is 52.0 Å². The second-order valence-corrected chi connectivity index (χ2v) is 6.54. The molecule has 0 heterocycles. The van der Waals surface area contributed by atoms with Gasteiger partial charge in [-0.05, 0) is 52.0 Å². The van der Waals surface area contributed by atoms with Gasteiger partial charge in [-0.15, -0.1) is 0 Å². The fourth-order valence-electron chi connectivity index (χ4n) is 1.65. The van der Waals surface area contributed by atoms with E-state index in [0.717, 1.165) is 0 Å². The van der Waals surface area contributed by atoms with Crippen molar-refractivity contribution in [3.63, 3.8) is 0 Å². The van der Waals surface area contributed by atoms with Gasteiger partial charge in [0.2, 0.25) is 5.91 Å². The number of hydrogen-bond acceptors (Lipinski definition) is 3. The number of rotatable bonds is 5. The maximum atomic E-state index is 12.8. The van der Waals surface area contributed by atoms with Crippen LogP contribution in [0.3, 0.4) is 0 Å². The summed E-state index contributed by atoms with van der Waals surface area (Å²) < 4.78 is 0. The van der Waals surface area contributed by atoms with Crippen LogP contribution in [0.1, 0.15) is 27.7 Å². The maximum absolute atomic E-state index is 12.8. The van der Waals surface area contributed by atoms with Crippen molar-refractivity contribution < 1.29 is 14.7 Å². The van der Waals surface area contributed by atoms with Gasteiger partial charge in [0.05, 0.1) is 5.41 Å². The van der Waals surface area contributed by atoms with Crippen molar-refractivity contribution in [3.8, 4) is 0 Å². The van der Waals surface area contributed by atoms with Gasteiger partial charge >= 0.3 is 5.97 Å². The zero-order valence-electron chi connectivity index (χ0n) is 12.7. The Morgan fingerprint density at radius 3 is 2.05 bits per heavy atom. The first-order valence-corrected chi connectivity index (χ1v) is 6.93. The molecule has 116 valence electrons. The van der Waals surface area contributed by atoms with Crippen LogP contribution >= 0.6 is 11.6 Å². The number of carbonyl (C=O) groups excluding carboxylic acids is 1. The van der Waals surface area contributed by atoms with Crippen LogP contribution in [0.15, 0.2) is 24.3 Å². The molecule has 0 unspecified atom stereocenters. The van der Waals surface area contributed by atoms with E-state index < -0.39 is 23.5 Å². The number of carbonyl (C=O) groups is 2. The summed E-state index contributed by atoms with van der Waals surface area (Å²) in [4.78, 5) is 25.1. The molecule has 0 aliphatic heterocycles. The number of carboxylic acids is 1. The molecule has 6 heteroatoms. The second-order valence-electron chi connectivity index (χ2n) is 6.11. The highest BCUT2D eigenvalue weighted by molar-refractivity contribution is 6.30. The molecule has 1 aromatic rings. The molecule has 5 nitrogen and oxygen atoms in total. The Hall–Kier alpha value is -1.59. The van der Waals surface area contributed by atoms with Crippen molar-refractivity contribution in [2.75, 3.05) is 11.4 Å². The largest absolute Gasteiger partial charge is 0.480 e. The molecule has 0 saturated heterocycles. The molecule has 0 aliphatic rings. The fourth-order valence-corrected chi connectivity index (χ4v) is 1.78. The van der Waals surface area contributed by atoms with Crippen molar-refractivity contribution in [1.82, 2.24) is 0 Å². The van der Waals surface area contributed by atoms with Crippen LogP contribution < -0.4 is 10.6 Å². The number of amides is 1. The van der Waals surface area contributed by atoms with Gasteiger partial charge in [-0.25, -0.2) is 0 Å². The Morgan fingerprint density at radius 2 is 1.67 bits per heavy atom. The Kier molecular flexibility index (Phi) is 5.02. The van der Waals surface area contributed by atoms with Gasteiger partial charge in [-0.3, -0.25) is 9.59 Å². The topological polar surface area (TPSA) is 83.6 Å². The summed E-state index contributed by atoms with van der Waals surface area (Å²) in [5.74, 6) is -1.44. The minimum atomic E-state index is -1.09. The molecule has 0 saturated carbocycles. The van der Waals surface area contributed by atoms with E-state index in [0.29, 0.717) is 10.7 Å². The monoisotopic (exact) mass is 312 g/mol. The van der Waals surface area contributed by atoms with Gasteiger partial charge < -0.3 is 15.7 Å². The molecule has 0 radical (unpaired) electrons. The van der Waals surface area contributed by atoms with Crippen molar-refractivity contribution in [2.45, 2.75) is 33.2 Å². The van der Waals surface area contributed by atoms with Gasteiger partial charge in [0.15, 0.2) is 0 Å². The van der Waals surface area contributed by atoms with Crippen LogP contribution in [0.25, 0.3) is 0 Å². The summed E-state index contributed by atoms with van der Waals surface area (Å²) in [5.41, 5.74) is 4.82. The molecule has 0 spiro atoms. The third kappa shape index (κ3) is 3.95. The zero-order chi connectivity index (χ0) is 16.4. The Bertz CT molecular complexity index is 533. The highest BCUT2D eigenvalue weighted by Crippen LogP contribution is 2.32. The molecule has 1 amide bonds. The Labute approximate surface area is 129 Å². The molecule has 3 N–H and O–H groups in total. The van der Waals surface area contributed by atoms with Crippen LogP contribution in [0.5, 0.6) is 0 Å². The van der Waals surface area contributed by atoms with Crippen LogP contribution in [0.2, 0.25) is 5.02 Å². The molecule has 0 atom stereocenters. The number of benzene rings is 1. The molecular formula is C15H21ClN2O3. The molecule has 1 rings (SSSR count). The number of carboxylic acid groups (broad SMARTS) is 1. The number of hydrogen-bond donors (Lipinski definition) is 2. The lowest BCUT2D eigenvalue weighted by Crippen LogP contribution is -2.57. The highest BCUT2D eigenvalue weighted by atomic mass is 35.5. The molecule has 21 heavy (non-hydrogen) atoms. The number of aliphatic carboxylic acids is 1. The predicted octanol–water partition coefficient (Wildman–Crippen LogP) is 2.52. The summed E-state index contributed by atoms with van der Waals surface area (Å²) in [6, 6.07) is 6.45. The molecule has 0 aliphatic carbocycles. The lowest BCUT2D eigenvalue weighted by molar-refractivity contribution is -0.138. The average Bonchev–Trinajstić information content (AvgIpc) is 2.34. The normalized spacial score (nSPS) is 12.1. The van der Waals surface area contributed by atoms with Crippen LogP contribution in [-0.4, -0.2) is 29.1 Å². The lowest BCUT2D eigenvalue weighted by Gasteiger charge is -2.40. The quantitative estimate of drug-likeness (QED) is 0.875. The van der Waals surface area contributed by atoms with Gasteiger partial charge in [0, 0.05) is 16.2 Å². The van der Waals surface area contributed by atoms with E-state index >= 15 is 0 Å². The first-order chi connectivity index (χ1) is 9.46. The Balaban J connectivity index is 3.23. The predicted molar refractivity (Wildman–Crippen MR) is 83.5 cm³/mol. The van der Waals surface area contributed by atoms with Gasteiger partial charge in [0.25, 0.3) is 0 Å². The van der Waals surface area contributed by atoms with Gasteiger partial charge in [-0.2, -0.15) is 0 Å². The van der Waals surface area contributed by atoms with Crippen molar-refractivity contribution in [1.29, 1.82) is 0 Å². The minimum absolute atomic E-state index is 0.347. The molecule has 0 bridgehead atoms. The Morgan fingerprint density at radius 1 is 1.19 bits per heavy atom. The van der Waals surface area contributed by atoms with Gasteiger partial charge in [-0.1, -0.05) is 11.6 Å². The van der Waals surface area contributed by atoms with E-state index in [2.05, 4.69) is 0 Å². The van der Waals surface area contributed by atoms with E-state index in [1.807, 2.05) is 0 Å². The van der Waals surface area contributed by atoms with E-state index in [9.17, 15) is 9.59 Å². The van der Waals surface area contributed by atoms with E-state index in [-0.39, 0.29) is 5.91 Å². The van der Waals surface area contributed by atoms with Crippen molar-refractivity contribution >= 4 is 29.2 Å². The van der Waals surface area contributed by atoms with Crippen LogP contribution in [0.4, 0.5) is 5.69 Å². The molecular weight excluding hydrogens is 292 g/mol. The highest BCUT2D eigenvalue weighted by Gasteiger charge is 2.43. The molecule has 0 fully saturated rings. The summed E-state index contributed by atoms with van der Waals surface area (Å²) in [6.45, 7) is 6.47. The molecule has 1 aromatic carbocycles. The first kappa shape index (κ1) is 17.5. The number of nitrogens with zero attached hydrogens (tertiary/aromatic N) is 1. The second kappa shape index (κ2) is 6.03. The standard InChI is InChI=1S/C15H21ClN2O3/c1-14(2,15(3,4)17)13(21)18(9-12(19)20)11-7-5-10(16)6-8-11/h5-8H,9,17H2,1-4H3,(H,19,20). The van der Waals surface area contributed by atoms with E-state index in [4.69, 9.17) is 22.4 Å². The zero-order valence-corrected chi connectivity index (χ0v) is 13.4. The van der Waals surface area contributed by atoms with Crippen molar-refractivity contribution in [3.05, 3.63) is 29.3 Å². The number of halogens is 1. The lowest BCUT2D eigenvalue weighted by atomic mass is 9.74. The summed E-state index contributed by atoms with van der Waals surface area (Å²) in [6.07, 6.45) is 0. The summed E-state index contributed by atoms with van der Waals surface area (Å²) in [7, 11) is 0. The SMILES string of the molecule is CC(C)(N)C(C)(C)C(=O)N(CC(=O)O)c1ccc(Cl)cc1. The third-order valence-corrected chi connectivity index (χ3v) is 4.07. The third-order valence-electron chi connectivity index (χ3n) is 3.82. The number of anilines is 1. The van der Waals surface area contributed by atoms with Crippen LogP contribution in [-0.2, 0) is 9.59 Å². The van der Waals surface area contributed by atoms with Gasteiger partial charge in [0.1, 0.15) is 6.54 Å². The minimum Gasteiger partial charge on any atom is -0.480 e. The smallest absolute Gasteiger partial charge is 0.323 e. The summed E-state index contributed by atoms with van der Waals surface area (Å²) in [5, 5.41) is 9.58. The summed E-state index contributed by atoms with van der Waals surface area (Å²) >= 11 is 5.82. The molecule has 0 aromatic heterocycles. The van der Waals surface area contributed by atoms with Crippen LogP contribution in [0, 0.1) is 5.41 Å².